The second kappa shape index (κ2) is 14.0. The number of carbonyl (C=O) groups is 3. The zero-order chi connectivity index (χ0) is 39.8. The number of imidazole rings is 2. The number of ether oxygens (including phenoxy) is 2. The van der Waals surface area contributed by atoms with Crippen molar-refractivity contribution in [2.45, 2.75) is 76.3 Å². The Morgan fingerprint density at radius 2 is 1.59 bits per heavy atom. The molecule has 13 heteroatoms. The van der Waals surface area contributed by atoms with Gasteiger partial charge in [0.15, 0.2) is 0 Å². The molecule has 4 heterocycles. The van der Waals surface area contributed by atoms with Gasteiger partial charge >= 0.3 is 12.2 Å². The average Bonchev–Trinajstić information content (AvgIpc) is 3.85. The van der Waals surface area contributed by atoms with Crippen molar-refractivity contribution in [3.8, 4) is 22.4 Å². The molecule has 4 aliphatic rings. The topological polar surface area (TPSA) is 146 Å². The number of carbonyl (C=O) groups excluding carboxylic acids is 3. The van der Waals surface area contributed by atoms with Crippen LogP contribution < -0.4 is 5.32 Å². The maximum Gasteiger partial charge on any atom is 0.410 e. The van der Waals surface area contributed by atoms with Gasteiger partial charge in [0.1, 0.15) is 30.1 Å². The number of H-pyrrole nitrogens is 2. The fourth-order valence-electron chi connectivity index (χ4n) is 9.35. The number of rotatable bonds is 9. The number of piperidine rings is 2. The molecule has 2 aliphatic carbocycles. The molecule has 3 amide bonds. The van der Waals surface area contributed by atoms with Gasteiger partial charge in [-0.15, -0.1) is 0 Å². The molecule has 3 N–H and O–H groups in total. The molecule has 6 aromatic rings. The molecule has 0 spiro atoms. The van der Waals surface area contributed by atoms with E-state index in [1.54, 1.807) is 12.3 Å². The fraction of sp³-hybridized carbons (Fsp3) is 0.356. The first kappa shape index (κ1) is 36.1. The molecule has 7 atom stereocenters. The van der Waals surface area contributed by atoms with Gasteiger partial charge < -0.3 is 29.7 Å². The number of aromatic nitrogens is 4. The largest absolute Gasteiger partial charge is 0.453 e. The summed E-state index contributed by atoms with van der Waals surface area (Å²) in [4.78, 5) is 59.4. The third-order valence-electron chi connectivity index (χ3n) is 12.6. The summed E-state index contributed by atoms with van der Waals surface area (Å²) in [6, 6.07) is 24.0. The normalized spacial score (nSPS) is 23.5. The number of nitrogens with zero attached hydrogens (tertiary/aromatic N) is 4. The van der Waals surface area contributed by atoms with E-state index in [1.165, 1.54) is 13.2 Å². The number of nitrogens with one attached hydrogen (secondary N) is 3. The van der Waals surface area contributed by atoms with Crippen LogP contribution in [0.5, 0.6) is 0 Å². The van der Waals surface area contributed by atoms with E-state index >= 15 is 4.39 Å². The Bertz CT molecular complexity index is 2590. The quantitative estimate of drug-likeness (QED) is 0.134. The van der Waals surface area contributed by atoms with Crippen LogP contribution in [-0.2, 0) is 20.9 Å². The number of halogens is 1. The first-order chi connectivity index (χ1) is 28.1. The number of fused-ring (bicyclic) bond motifs is 5. The van der Waals surface area contributed by atoms with Crippen molar-refractivity contribution >= 4 is 39.9 Å². The van der Waals surface area contributed by atoms with E-state index in [9.17, 15) is 14.4 Å². The number of methoxy groups -OCH3 is 1. The summed E-state index contributed by atoms with van der Waals surface area (Å²) in [7, 11) is 1.28. The van der Waals surface area contributed by atoms with E-state index in [1.807, 2.05) is 90.4 Å². The monoisotopic (exact) mass is 781 g/mol. The van der Waals surface area contributed by atoms with Crippen LogP contribution in [0.4, 0.5) is 14.0 Å². The third-order valence-corrected chi connectivity index (χ3v) is 12.6. The lowest BCUT2D eigenvalue weighted by molar-refractivity contribution is -0.136. The molecule has 296 valence electrons. The predicted molar refractivity (Wildman–Crippen MR) is 215 cm³/mol. The van der Waals surface area contributed by atoms with Crippen molar-refractivity contribution < 1.29 is 28.2 Å². The van der Waals surface area contributed by atoms with E-state index in [4.69, 9.17) is 14.5 Å². The van der Waals surface area contributed by atoms with Gasteiger partial charge in [0.05, 0.1) is 42.1 Å². The zero-order valence-electron chi connectivity index (χ0n) is 32.4. The number of benzene rings is 4. The van der Waals surface area contributed by atoms with Gasteiger partial charge in [0.25, 0.3) is 0 Å². The SMILES string of the molecule is COC(=O)N[C@H](C(=O)N1[C@@H]2CC2C[C@H]1c1ncc(-c2ccc(-c3ccc4c(ccc5[nH]c([C@@H]6C[C@H]7C[C@H]7N6C(=O)OCc6ccccc6)nc54)c3)cc2F)[nH]1)C(C)C. The van der Waals surface area contributed by atoms with Crippen LogP contribution in [0.15, 0.2) is 85.1 Å². The van der Waals surface area contributed by atoms with Crippen LogP contribution in [0.3, 0.4) is 0 Å². The summed E-state index contributed by atoms with van der Waals surface area (Å²) >= 11 is 0. The molecule has 4 aromatic carbocycles. The van der Waals surface area contributed by atoms with Gasteiger partial charge in [-0.1, -0.05) is 68.4 Å². The molecule has 0 bridgehead atoms. The number of hydrogen-bond donors (Lipinski definition) is 3. The lowest BCUT2D eigenvalue weighted by Crippen LogP contribution is -2.52. The highest BCUT2D eigenvalue weighted by molar-refractivity contribution is 6.05. The highest BCUT2D eigenvalue weighted by atomic mass is 19.1. The Morgan fingerprint density at radius 3 is 2.33 bits per heavy atom. The zero-order valence-corrected chi connectivity index (χ0v) is 32.4. The van der Waals surface area contributed by atoms with Crippen LogP contribution in [0, 0.1) is 23.6 Å². The van der Waals surface area contributed by atoms with E-state index in [0.717, 1.165) is 70.0 Å². The summed E-state index contributed by atoms with van der Waals surface area (Å²) in [6.45, 7) is 4.00. The third kappa shape index (κ3) is 6.33. The first-order valence-electron chi connectivity index (χ1n) is 20.1. The minimum atomic E-state index is -0.733. The summed E-state index contributed by atoms with van der Waals surface area (Å²) < 4.78 is 26.5. The van der Waals surface area contributed by atoms with Crippen molar-refractivity contribution in [3.63, 3.8) is 0 Å². The Hall–Kier alpha value is -6.24. The molecule has 1 unspecified atom stereocenters. The molecule has 2 saturated carbocycles. The second-order valence-electron chi connectivity index (χ2n) is 16.6. The molecular formula is C45H44FN7O5. The molecule has 12 nitrogen and oxygen atoms in total. The second-order valence-corrected chi connectivity index (χ2v) is 16.6. The molecule has 2 aliphatic heterocycles. The minimum Gasteiger partial charge on any atom is -0.453 e. The van der Waals surface area contributed by atoms with Crippen LogP contribution in [0.25, 0.3) is 44.2 Å². The number of aromatic amines is 2. The van der Waals surface area contributed by atoms with Crippen LogP contribution in [0.2, 0.25) is 0 Å². The lowest BCUT2D eigenvalue weighted by atomic mass is 9.99. The number of hydrogen-bond acceptors (Lipinski definition) is 7. The maximum atomic E-state index is 15.9. The van der Waals surface area contributed by atoms with E-state index in [0.29, 0.717) is 28.9 Å². The van der Waals surface area contributed by atoms with Gasteiger partial charge in [-0.3, -0.25) is 9.69 Å². The van der Waals surface area contributed by atoms with Gasteiger partial charge in [-0.2, -0.15) is 0 Å². The van der Waals surface area contributed by atoms with Crippen molar-refractivity contribution in [2.24, 2.45) is 17.8 Å². The highest BCUT2D eigenvalue weighted by Gasteiger charge is 2.57. The standard InChI is InChI=1S/C45H44FN7O5/c1-23(2)39(51-44(55)57-3)43(54)52-35-17-28(35)19-37(52)41-47-21-34(49-41)31-13-10-26(16-32(31)46)25-9-12-30-27(15-25)11-14-33-40(30)50-42(48-33)38-20-29-18-36(29)53(38)45(56)58-22-24-7-5-4-6-8-24/h4-16,21,23,28-29,35-39H,17-20,22H2,1-3H3,(H,47,49)(H,48,50)(H,51,55)/t28?,29-,35-,36-,37+,38+,39+/m1/s1. The fourth-order valence-corrected chi connectivity index (χ4v) is 9.35. The van der Waals surface area contributed by atoms with E-state index in [2.05, 4.69) is 20.3 Å². The number of likely N-dealkylation sites (tertiary alicyclic amines) is 2. The van der Waals surface area contributed by atoms with E-state index in [-0.39, 0.29) is 48.7 Å². The summed E-state index contributed by atoms with van der Waals surface area (Å²) in [6.07, 6.45) is 4.18. The predicted octanol–water partition coefficient (Wildman–Crippen LogP) is 8.43. The molecule has 58 heavy (non-hydrogen) atoms. The highest BCUT2D eigenvalue weighted by Crippen LogP contribution is 2.54. The Labute approximate surface area is 334 Å². The van der Waals surface area contributed by atoms with Crippen molar-refractivity contribution in [1.29, 1.82) is 0 Å². The summed E-state index contributed by atoms with van der Waals surface area (Å²) in [5.41, 5.74) is 5.16. The first-order valence-corrected chi connectivity index (χ1v) is 20.1. The maximum absolute atomic E-state index is 15.9. The Morgan fingerprint density at radius 1 is 0.862 bits per heavy atom. The van der Waals surface area contributed by atoms with Crippen molar-refractivity contribution in [1.82, 2.24) is 35.1 Å². The van der Waals surface area contributed by atoms with Gasteiger partial charge in [0.2, 0.25) is 5.91 Å². The summed E-state index contributed by atoms with van der Waals surface area (Å²) in [5.74, 6) is 1.49. The molecule has 4 fully saturated rings. The molecular weight excluding hydrogens is 738 g/mol. The van der Waals surface area contributed by atoms with Crippen LogP contribution >= 0.6 is 0 Å². The molecule has 0 radical (unpaired) electrons. The van der Waals surface area contributed by atoms with Crippen LogP contribution in [-0.4, -0.2) is 73.1 Å². The van der Waals surface area contributed by atoms with Gasteiger partial charge in [-0.25, -0.2) is 23.9 Å². The van der Waals surface area contributed by atoms with Crippen LogP contribution in [0.1, 0.15) is 68.8 Å². The number of amides is 3. The Balaban J connectivity index is 0.864. The minimum absolute atomic E-state index is 0.0974. The molecule has 10 rings (SSSR count). The lowest BCUT2D eigenvalue weighted by Gasteiger charge is -2.31. The van der Waals surface area contributed by atoms with E-state index < -0.39 is 18.0 Å². The average molecular weight is 782 g/mol. The number of alkyl carbamates (subject to hydrolysis) is 1. The summed E-state index contributed by atoms with van der Waals surface area (Å²) in [5, 5.41) is 4.63. The van der Waals surface area contributed by atoms with Gasteiger partial charge in [-0.05, 0) is 89.8 Å². The Kier molecular flexibility index (Phi) is 8.72. The molecule has 2 aromatic heterocycles. The van der Waals surface area contributed by atoms with Gasteiger partial charge in [0, 0.05) is 23.0 Å². The molecule has 2 saturated heterocycles. The van der Waals surface area contributed by atoms with Crippen molar-refractivity contribution in [3.05, 3.63) is 108 Å². The van der Waals surface area contributed by atoms with Crippen molar-refractivity contribution in [2.75, 3.05) is 7.11 Å². The smallest absolute Gasteiger partial charge is 0.410 e.